The van der Waals surface area contributed by atoms with Crippen LogP contribution in [0.1, 0.15) is 38.3 Å². The van der Waals surface area contributed by atoms with Crippen molar-refractivity contribution in [3.8, 4) is 11.5 Å². The van der Waals surface area contributed by atoms with Crippen molar-refractivity contribution in [2.75, 3.05) is 33.0 Å². The number of ether oxygens (including phenoxy) is 3. The number of hydrogen-bond donors (Lipinski definition) is 3. The Kier molecular flexibility index (Phi) is 5.62. The Morgan fingerprint density at radius 3 is 2.76 bits per heavy atom. The number of carbonyl (C=O) groups excluding carboxylic acids is 2. The smallest absolute Gasteiger partial charge is 0.338 e. The largest absolute Gasteiger partial charge is 0.463 e. The summed E-state index contributed by atoms with van der Waals surface area (Å²) in [6, 6.07) is 4.53. The molecular formula is C21H28N3O5+. The molecule has 1 saturated heterocycles. The van der Waals surface area contributed by atoms with Crippen LogP contribution in [0.3, 0.4) is 0 Å². The molecule has 0 unspecified atom stereocenters. The molecule has 3 aliphatic rings. The second-order valence-electron chi connectivity index (χ2n) is 7.87. The second-order valence-corrected chi connectivity index (χ2v) is 7.87. The molecule has 0 radical (unpaired) electrons. The fourth-order valence-electron chi connectivity index (χ4n) is 4.15. The van der Waals surface area contributed by atoms with E-state index in [0.29, 0.717) is 29.3 Å². The van der Waals surface area contributed by atoms with Gasteiger partial charge in [0.15, 0.2) is 11.5 Å². The molecule has 0 bridgehead atoms. The molecule has 3 heterocycles. The zero-order valence-corrected chi connectivity index (χ0v) is 16.9. The molecule has 8 heteroatoms. The zero-order chi connectivity index (χ0) is 20.4. The first-order chi connectivity index (χ1) is 14.0. The van der Waals surface area contributed by atoms with Gasteiger partial charge in [0, 0.05) is 0 Å². The van der Waals surface area contributed by atoms with Gasteiger partial charge in [-0.25, -0.2) is 9.59 Å². The van der Waals surface area contributed by atoms with E-state index in [4.69, 9.17) is 14.2 Å². The molecule has 0 aliphatic carbocycles. The lowest BCUT2D eigenvalue weighted by molar-refractivity contribution is -0.901. The molecule has 1 fully saturated rings. The van der Waals surface area contributed by atoms with E-state index in [-0.39, 0.29) is 19.4 Å². The van der Waals surface area contributed by atoms with E-state index < -0.39 is 12.0 Å². The lowest BCUT2D eigenvalue weighted by Crippen LogP contribution is -3.13. The third kappa shape index (κ3) is 4.17. The van der Waals surface area contributed by atoms with Crippen LogP contribution >= 0.6 is 0 Å². The van der Waals surface area contributed by atoms with Crippen LogP contribution in [-0.2, 0) is 9.53 Å². The van der Waals surface area contributed by atoms with Gasteiger partial charge in [-0.15, -0.1) is 0 Å². The van der Waals surface area contributed by atoms with Crippen molar-refractivity contribution in [3.05, 3.63) is 35.0 Å². The standard InChI is InChI=1S/C21H27N3O5/c1-3-27-20(25)18-15(11-24-8-6-13(2)7-9-24)22-21(26)23-19(18)14-4-5-16-17(10-14)29-12-28-16/h4-5,10,13,19H,3,6-9,11-12H2,1-2H3,(H2,22,23,26)/p+1/t19-/m1/s1. The average molecular weight is 402 g/mol. The minimum atomic E-state index is -0.601. The maximum absolute atomic E-state index is 12.9. The van der Waals surface area contributed by atoms with Crippen molar-refractivity contribution in [2.24, 2.45) is 5.92 Å². The molecule has 1 aromatic carbocycles. The summed E-state index contributed by atoms with van der Waals surface area (Å²) in [4.78, 5) is 26.7. The second kappa shape index (κ2) is 8.32. The van der Waals surface area contributed by atoms with Crippen LogP contribution in [0.15, 0.2) is 29.5 Å². The molecular weight excluding hydrogens is 374 g/mol. The van der Waals surface area contributed by atoms with E-state index in [1.807, 2.05) is 12.1 Å². The molecule has 4 rings (SSSR count). The number of urea groups is 1. The van der Waals surface area contributed by atoms with Crippen molar-refractivity contribution in [2.45, 2.75) is 32.7 Å². The fourth-order valence-corrected chi connectivity index (χ4v) is 4.15. The van der Waals surface area contributed by atoms with E-state index in [0.717, 1.165) is 37.4 Å². The Morgan fingerprint density at radius 1 is 1.24 bits per heavy atom. The van der Waals surface area contributed by atoms with E-state index >= 15 is 0 Å². The van der Waals surface area contributed by atoms with Gasteiger partial charge in [-0.1, -0.05) is 13.0 Å². The molecule has 3 N–H and O–H groups in total. The molecule has 2 amide bonds. The summed E-state index contributed by atoms with van der Waals surface area (Å²) in [5.41, 5.74) is 1.85. The minimum absolute atomic E-state index is 0.167. The van der Waals surface area contributed by atoms with Crippen molar-refractivity contribution >= 4 is 12.0 Å². The summed E-state index contributed by atoms with van der Waals surface area (Å²) >= 11 is 0. The number of likely N-dealkylation sites (tertiary alicyclic amines) is 1. The third-order valence-corrected chi connectivity index (χ3v) is 5.79. The molecule has 1 atom stereocenters. The highest BCUT2D eigenvalue weighted by Crippen LogP contribution is 2.37. The van der Waals surface area contributed by atoms with Gasteiger partial charge in [-0.3, -0.25) is 0 Å². The number of nitrogens with one attached hydrogen (secondary N) is 3. The Morgan fingerprint density at radius 2 is 2.00 bits per heavy atom. The predicted molar refractivity (Wildman–Crippen MR) is 105 cm³/mol. The molecule has 0 spiro atoms. The highest BCUT2D eigenvalue weighted by atomic mass is 16.7. The van der Waals surface area contributed by atoms with Crippen LogP contribution in [0.5, 0.6) is 11.5 Å². The highest BCUT2D eigenvalue weighted by Gasteiger charge is 2.36. The maximum Gasteiger partial charge on any atom is 0.338 e. The van der Waals surface area contributed by atoms with Crippen molar-refractivity contribution in [3.63, 3.8) is 0 Å². The van der Waals surface area contributed by atoms with Gasteiger partial charge in [0.05, 0.1) is 37.0 Å². The Labute approximate surface area is 170 Å². The zero-order valence-electron chi connectivity index (χ0n) is 16.9. The topological polar surface area (TPSA) is 90.3 Å². The van der Waals surface area contributed by atoms with Gasteiger partial charge >= 0.3 is 12.0 Å². The van der Waals surface area contributed by atoms with E-state index in [2.05, 4.69) is 17.6 Å². The molecule has 0 aromatic heterocycles. The molecule has 29 heavy (non-hydrogen) atoms. The highest BCUT2D eigenvalue weighted by molar-refractivity contribution is 5.95. The summed E-state index contributed by atoms with van der Waals surface area (Å²) in [6.45, 7) is 7.13. The first-order valence-electron chi connectivity index (χ1n) is 10.3. The summed E-state index contributed by atoms with van der Waals surface area (Å²) in [5.74, 6) is 1.57. The SMILES string of the molecule is CCOC(=O)C1=C(C[NH+]2CCC(C)CC2)NC(=O)N[C@@H]1c1ccc2c(c1)OCO2. The molecule has 156 valence electrons. The number of carbonyl (C=O) groups is 2. The van der Waals surface area contributed by atoms with Crippen LogP contribution < -0.4 is 25.0 Å². The van der Waals surface area contributed by atoms with Gasteiger partial charge < -0.3 is 29.7 Å². The maximum atomic E-state index is 12.9. The quantitative estimate of drug-likeness (QED) is 0.637. The number of benzene rings is 1. The van der Waals surface area contributed by atoms with Gasteiger partial charge in [0.1, 0.15) is 6.54 Å². The van der Waals surface area contributed by atoms with Crippen molar-refractivity contribution in [1.82, 2.24) is 10.6 Å². The number of fused-ring (bicyclic) bond motifs is 1. The number of quaternary nitrogens is 1. The molecule has 8 nitrogen and oxygen atoms in total. The average Bonchev–Trinajstić information content (AvgIpc) is 3.17. The number of amides is 2. The van der Waals surface area contributed by atoms with Crippen molar-refractivity contribution < 1.29 is 28.7 Å². The molecule has 3 aliphatic heterocycles. The van der Waals surface area contributed by atoms with Gasteiger partial charge in [0.2, 0.25) is 6.79 Å². The van der Waals surface area contributed by atoms with Crippen LogP contribution in [0.4, 0.5) is 4.79 Å². The number of esters is 1. The monoisotopic (exact) mass is 402 g/mol. The van der Waals surface area contributed by atoms with Gasteiger partial charge in [-0.05, 0) is 43.4 Å². The Bertz CT molecular complexity index is 830. The van der Waals surface area contributed by atoms with E-state index in [1.54, 1.807) is 13.0 Å². The number of hydrogen-bond acceptors (Lipinski definition) is 5. The molecule has 0 saturated carbocycles. The van der Waals surface area contributed by atoms with E-state index in [1.165, 1.54) is 4.90 Å². The predicted octanol–water partition coefficient (Wildman–Crippen LogP) is 0.901. The minimum Gasteiger partial charge on any atom is -0.463 e. The third-order valence-electron chi connectivity index (χ3n) is 5.79. The first-order valence-corrected chi connectivity index (χ1v) is 10.3. The lowest BCUT2D eigenvalue weighted by atomic mass is 9.94. The van der Waals surface area contributed by atoms with Crippen LogP contribution in [0, 0.1) is 5.92 Å². The normalized spacial score (nSPS) is 26.0. The van der Waals surface area contributed by atoms with Crippen LogP contribution in [0.2, 0.25) is 0 Å². The summed E-state index contributed by atoms with van der Waals surface area (Å²) in [6.07, 6.45) is 2.30. The lowest BCUT2D eigenvalue weighted by Gasteiger charge is -2.33. The van der Waals surface area contributed by atoms with E-state index in [9.17, 15) is 9.59 Å². The Balaban J connectivity index is 1.68. The number of rotatable bonds is 5. The summed E-state index contributed by atoms with van der Waals surface area (Å²) in [5, 5.41) is 5.74. The van der Waals surface area contributed by atoms with Gasteiger partial charge in [0.25, 0.3) is 0 Å². The van der Waals surface area contributed by atoms with Gasteiger partial charge in [-0.2, -0.15) is 0 Å². The summed E-state index contributed by atoms with van der Waals surface area (Å²) < 4.78 is 16.2. The fraction of sp³-hybridized carbons (Fsp3) is 0.524. The van der Waals surface area contributed by atoms with Crippen LogP contribution in [-0.4, -0.2) is 45.0 Å². The van der Waals surface area contributed by atoms with Crippen molar-refractivity contribution in [1.29, 1.82) is 0 Å². The molecule has 1 aromatic rings. The Hall–Kier alpha value is -2.74. The summed E-state index contributed by atoms with van der Waals surface area (Å²) in [7, 11) is 0. The number of piperidine rings is 1. The first kappa shape index (κ1) is 19.6. The van der Waals surface area contributed by atoms with Crippen LogP contribution in [0.25, 0.3) is 0 Å².